The second-order valence-electron chi connectivity index (χ2n) is 10.4. The fourth-order valence-electron chi connectivity index (χ4n) is 5.94. The lowest BCUT2D eigenvalue weighted by Crippen LogP contribution is -2.24. The summed E-state index contributed by atoms with van der Waals surface area (Å²) in [6.45, 7) is 1.01. The van der Waals surface area contributed by atoms with Crippen molar-refractivity contribution in [2.75, 3.05) is 16.5 Å². The molecule has 1 aliphatic rings. The van der Waals surface area contributed by atoms with E-state index in [9.17, 15) is 5.11 Å². The first-order valence-electron chi connectivity index (χ1n) is 16.6. The van der Waals surface area contributed by atoms with Gasteiger partial charge in [-0.2, -0.15) is 0 Å². The summed E-state index contributed by atoms with van der Waals surface area (Å²) in [5.74, 6) is -1.18. The molecule has 5 heteroatoms. The van der Waals surface area contributed by atoms with Crippen LogP contribution in [0.3, 0.4) is 0 Å². The maximum absolute atomic E-state index is 10.7. The Hall–Kier alpha value is -5.03. The van der Waals surface area contributed by atoms with E-state index in [0.29, 0.717) is 40.5 Å². The van der Waals surface area contributed by atoms with Gasteiger partial charge in [0.15, 0.2) is 0 Å². The summed E-state index contributed by atoms with van der Waals surface area (Å²) >= 11 is 0. The number of hydrogen-bond donors (Lipinski definition) is 1. The van der Waals surface area contributed by atoms with E-state index >= 15 is 0 Å². The monoisotopic (exact) mass is 555 g/mol. The Balaban J connectivity index is 1.43. The number of aryl methyl sites for hydroxylation is 1. The number of rotatable bonds is 6. The number of phenols is 1. The molecule has 2 atom stereocenters. The van der Waals surface area contributed by atoms with Crippen LogP contribution in [0.5, 0.6) is 5.75 Å². The molecule has 1 aliphatic heterocycles. The number of phenolic OH excluding ortho intramolecular Hbond substituents is 1. The minimum Gasteiger partial charge on any atom is -0.506 e. The highest BCUT2D eigenvalue weighted by Crippen LogP contribution is 2.46. The van der Waals surface area contributed by atoms with Crippen molar-refractivity contribution in [3.63, 3.8) is 0 Å². The third-order valence-electron chi connectivity index (χ3n) is 7.90. The molecule has 7 rings (SSSR count). The van der Waals surface area contributed by atoms with Crippen LogP contribution in [0.15, 0.2) is 115 Å². The van der Waals surface area contributed by atoms with E-state index < -0.39 is 19.1 Å². The molecule has 1 N–H and O–H groups in total. The number of anilines is 4. The zero-order chi connectivity index (χ0) is 33.1. The Kier molecular flexibility index (Phi) is 5.16. The van der Waals surface area contributed by atoms with Gasteiger partial charge in [0, 0.05) is 18.1 Å². The van der Waals surface area contributed by atoms with Crippen molar-refractivity contribution in [3.05, 3.63) is 126 Å². The van der Waals surface area contributed by atoms with Crippen LogP contribution in [0, 0.1) is 0 Å². The standard InChI is InChI=1S/C37H34N4O/c1-4-26-13-12-16-29(25(2)3)36(26)41-31-18-6-5-17-30(31)38-37(41)27-14-11-15-28(23-27)39-24-40(33-20-8-7-19-32(33)39)34-21-9-10-22-35(34)42/h5-23,25,42H,4,24H2,1-3H3/i2D3,4D,25D. The molecule has 5 nitrogen and oxygen atoms in total. The van der Waals surface area contributed by atoms with Gasteiger partial charge >= 0.3 is 0 Å². The van der Waals surface area contributed by atoms with Gasteiger partial charge in [-0.05, 0) is 71.9 Å². The molecule has 208 valence electrons. The van der Waals surface area contributed by atoms with Crippen molar-refractivity contribution in [2.45, 2.75) is 33.0 Å². The lowest BCUT2D eigenvalue weighted by molar-refractivity contribution is 0.476. The third kappa shape index (κ3) is 4.20. The summed E-state index contributed by atoms with van der Waals surface area (Å²) in [5.41, 5.74) is 7.23. The fourth-order valence-corrected chi connectivity index (χ4v) is 5.94. The molecule has 0 spiro atoms. The summed E-state index contributed by atoms with van der Waals surface area (Å²) in [6.07, 6.45) is -0.695. The second kappa shape index (κ2) is 10.4. The number of fused-ring (bicyclic) bond motifs is 2. The van der Waals surface area contributed by atoms with Crippen LogP contribution in [0.25, 0.3) is 28.1 Å². The highest BCUT2D eigenvalue weighted by atomic mass is 16.3. The van der Waals surface area contributed by atoms with Crippen LogP contribution in [-0.4, -0.2) is 21.3 Å². The van der Waals surface area contributed by atoms with E-state index in [1.807, 2.05) is 83.4 Å². The van der Waals surface area contributed by atoms with E-state index in [1.54, 1.807) is 31.2 Å². The molecule has 1 aromatic heterocycles. The Morgan fingerprint density at radius 1 is 0.857 bits per heavy atom. The van der Waals surface area contributed by atoms with Gasteiger partial charge < -0.3 is 14.9 Å². The summed E-state index contributed by atoms with van der Waals surface area (Å²) in [4.78, 5) is 9.33. The zero-order valence-electron chi connectivity index (χ0n) is 28.5. The SMILES string of the molecule is [2H]C(C)c1cccc(C([2H])(C)C([2H])([2H])[2H])c1-n1c(-c2cccc(N3CN(c4ccccc4O)c4ccccc43)c2)nc2ccccc21. The number of aromatic hydroxyl groups is 1. The van der Waals surface area contributed by atoms with Gasteiger partial charge in [0.2, 0.25) is 0 Å². The number of aromatic nitrogens is 2. The van der Waals surface area contributed by atoms with E-state index in [-0.39, 0.29) is 5.75 Å². The molecule has 6 aromatic rings. The first-order chi connectivity index (χ1) is 22.5. The summed E-state index contributed by atoms with van der Waals surface area (Å²) in [6, 6.07) is 36.3. The van der Waals surface area contributed by atoms with Crippen LogP contribution in [0.1, 0.15) is 44.6 Å². The maximum atomic E-state index is 10.7. The second-order valence-corrected chi connectivity index (χ2v) is 10.4. The maximum Gasteiger partial charge on any atom is 0.145 e. The normalized spacial score (nSPS) is 17.0. The quantitative estimate of drug-likeness (QED) is 0.222. The van der Waals surface area contributed by atoms with Gasteiger partial charge in [-0.25, -0.2) is 4.98 Å². The van der Waals surface area contributed by atoms with Crippen LogP contribution >= 0.6 is 0 Å². The van der Waals surface area contributed by atoms with Crippen molar-refractivity contribution in [1.82, 2.24) is 9.55 Å². The lowest BCUT2D eigenvalue weighted by atomic mass is 9.96. The highest BCUT2D eigenvalue weighted by Gasteiger charge is 2.29. The molecule has 0 bridgehead atoms. The Bertz CT molecular complexity index is 2120. The van der Waals surface area contributed by atoms with Gasteiger partial charge in [0.1, 0.15) is 18.2 Å². The summed E-state index contributed by atoms with van der Waals surface area (Å²) < 4.78 is 44.6. The zero-order valence-corrected chi connectivity index (χ0v) is 23.5. The smallest absolute Gasteiger partial charge is 0.145 e. The largest absolute Gasteiger partial charge is 0.506 e. The average Bonchev–Trinajstić information content (AvgIpc) is 3.63. The highest BCUT2D eigenvalue weighted by molar-refractivity contribution is 5.89. The molecule has 5 aromatic carbocycles. The van der Waals surface area contributed by atoms with Gasteiger partial charge in [-0.15, -0.1) is 0 Å². The number of para-hydroxylation sites is 7. The predicted molar refractivity (Wildman–Crippen MR) is 174 cm³/mol. The minimum atomic E-state index is -2.62. The molecule has 2 unspecified atom stereocenters. The number of imidazole rings is 1. The van der Waals surface area contributed by atoms with E-state index in [4.69, 9.17) is 11.8 Å². The summed E-state index contributed by atoms with van der Waals surface area (Å²) in [5, 5.41) is 10.7. The van der Waals surface area contributed by atoms with E-state index in [0.717, 1.165) is 28.1 Å². The molecule has 0 amide bonds. The molecule has 0 saturated carbocycles. The molecule has 0 saturated heterocycles. The lowest BCUT2D eigenvalue weighted by Gasteiger charge is -2.23. The third-order valence-corrected chi connectivity index (χ3v) is 7.90. The fraction of sp³-hybridized carbons (Fsp3) is 0.162. The Morgan fingerprint density at radius 3 is 2.36 bits per heavy atom. The average molecular weight is 556 g/mol. The van der Waals surface area contributed by atoms with Crippen molar-refractivity contribution in [2.24, 2.45) is 0 Å². The van der Waals surface area contributed by atoms with Gasteiger partial charge in [-0.1, -0.05) is 87.4 Å². The van der Waals surface area contributed by atoms with E-state index in [2.05, 4.69) is 21.9 Å². The van der Waals surface area contributed by atoms with Crippen molar-refractivity contribution in [1.29, 1.82) is 0 Å². The Morgan fingerprint density at radius 2 is 1.57 bits per heavy atom. The minimum absolute atomic E-state index is 0.197. The van der Waals surface area contributed by atoms with Crippen LogP contribution < -0.4 is 9.80 Å². The topological polar surface area (TPSA) is 44.5 Å². The number of benzene rings is 5. The molecular weight excluding hydrogens is 516 g/mol. The molecule has 0 aliphatic carbocycles. The first-order valence-corrected chi connectivity index (χ1v) is 14.0. The number of nitrogens with zero attached hydrogens (tertiary/aromatic N) is 4. The van der Waals surface area contributed by atoms with Gasteiger partial charge in [0.25, 0.3) is 0 Å². The summed E-state index contributed by atoms with van der Waals surface area (Å²) in [7, 11) is 0. The van der Waals surface area contributed by atoms with Gasteiger partial charge in [0.05, 0.1) is 33.8 Å². The van der Waals surface area contributed by atoms with Crippen molar-refractivity contribution in [3.8, 4) is 22.8 Å². The van der Waals surface area contributed by atoms with Gasteiger partial charge in [-0.3, -0.25) is 4.57 Å². The molecule has 0 fully saturated rings. The number of hydrogen-bond acceptors (Lipinski definition) is 4. The first kappa shape index (κ1) is 20.8. The van der Waals surface area contributed by atoms with Crippen molar-refractivity contribution >= 4 is 33.8 Å². The van der Waals surface area contributed by atoms with Crippen LogP contribution in [0.4, 0.5) is 22.7 Å². The Labute approximate surface area is 254 Å². The molecular formula is C37H34N4O. The van der Waals surface area contributed by atoms with Crippen molar-refractivity contribution < 1.29 is 12.0 Å². The van der Waals surface area contributed by atoms with E-state index in [1.165, 1.54) is 6.92 Å². The van der Waals surface area contributed by atoms with Crippen LogP contribution in [0.2, 0.25) is 0 Å². The molecule has 42 heavy (non-hydrogen) atoms. The molecule has 0 radical (unpaired) electrons. The predicted octanol–water partition coefficient (Wildman–Crippen LogP) is 9.33. The molecule has 2 heterocycles. The van der Waals surface area contributed by atoms with Crippen LogP contribution in [-0.2, 0) is 6.40 Å².